The summed E-state index contributed by atoms with van der Waals surface area (Å²) in [6.45, 7) is 3.67. The SMILES string of the molecule is CCCCn1c([C@@H]2CC(=O)N(c3cc(OC)ccc3Cl)C2)nc2ccccc21. The van der Waals surface area contributed by atoms with Gasteiger partial charge in [0.25, 0.3) is 0 Å². The van der Waals surface area contributed by atoms with Crippen LogP contribution >= 0.6 is 11.6 Å². The summed E-state index contributed by atoms with van der Waals surface area (Å²) in [4.78, 5) is 19.5. The molecule has 146 valence electrons. The first-order valence-electron chi connectivity index (χ1n) is 9.71. The minimum Gasteiger partial charge on any atom is -0.497 e. The summed E-state index contributed by atoms with van der Waals surface area (Å²) < 4.78 is 7.59. The Hall–Kier alpha value is -2.53. The molecule has 3 aromatic rings. The third-order valence-electron chi connectivity index (χ3n) is 5.35. The number of benzene rings is 2. The molecule has 0 bridgehead atoms. The van der Waals surface area contributed by atoms with Gasteiger partial charge < -0.3 is 14.2 Å². The van der Waals surface area contributed by atoms with Gasteiger partial charge in [-0.25, -0.2) is 4.98 Å². The van der Waals surface area contributed by atoms with Crippen molar-refractivity contribution >= 4 is 34.2 Å². The van der Waals surface area contributed by atoms with Gasteiger partial charge in [-0.15, -0.1) is 0 Å². The van der Waals surface area contributed by atoms with E-state index in [0.29, 0.717) is 29.4 Å². The fraction of sp³-hybridized carbons (Fsp3) is 0.364. The zero-order valence-corrected chi connectivity index (χ0v) is 16.9. The predicted octanol–water partition coefficient (Wildman–Crippen LogP) is 5.02. The number of carbonyl (C=O) groups is 1. The van der Waals surface area contributed by atoms with Gasteiger partial charge in [0.2, 0.25) is 5.91 Å². The number of unbranched alkanes of at least 4 members (excludes halogenated alkanes) is 1. The van der Waals surface area contributed by atoms with E-state index in [9.17, 15) is 4.79 Å². The second-order valence-corrected chi connectivity index (χ2v) is 7.59. The van der Waals surface area contributed by atoms with Crippen LogP contribution in [0, 0.1) is 0 Å². The topological polar surface area (TPSA) is 47.4 Å². The Bertz CT molecular complexity index is 1010. The summed E-state index contributed by atoms with van der Waals surface area (Å²) in [5, 5.41) is 0.550. The lowest BCUT2D eigenvalue weighted by Crippen LogP contribution is -2.25. The summed E-state index contributed by atoms with van der Waals surface area (Å²) >= 11 is 6.39. The van der Waals surface area contributed by atoms with Crippen LogP contribution < -0.4 is 9.64 Å². The van der Waals surface area contributed by atoms with Crippen molar-refractivity contribution in [1.82, 2.24) is 9.55 Å². The molecule has 1 saturated heterocycles. The van der Waals surface area contributed by atoms with Crippen LogP contribution in [0.5, 0.6) is 5.75 Å². The van der Waals surface area contributed by atoms with Crippen LogP contribution in [0.4, 0.5) is 5.69 Å². The Morgan fingerprint density at radius 3 is 2.86 bits per heavy atom. The highest BCUT2D eigenvalue weighted by Gasteiger charge is 2.35. The number of para-hydroxylation sites is 2. The third kappa shape index (κ3) is 3.35. The maximum Gasteiger partial charge on any atom is 0.227 e. The van der Waals surface area contributed by atoms with Crippen LogP contribution in [0.1, 0.15) is 37.9 Å². The number of ether oxygens (including phenoxy) is 1. The summed E-state index contributed by atoms with van der Waals surface area (Å²) in [6.07, 6.45) is 2.63. The predicted molar refractivity (Wildman–Crippen MR) is 112 cm³/mol. The molecular formula is C22H24ClN3O2. The lowest BCUT2D eigenvalue weighted by Gasteiger charge is -2.19. The Balaban J connectivity index is 1.69. The highest BCUT2D eigenvalue weighted by molar-refractivity contribution is 6.34. The van der Waals surface area contributed by atoms with Gasteiger partial charge >= 0.3 is 0 Å². The fourth-order valence-electron chi connectivity index (χ4n) is 3.90. The average Bonchev–Trinajstić information content (AvgIpc) is 3.27. The molecular weight excluding hydrogens is 374 g/mol. The summed E-state index contributed by atoms with van der Waals surface area (Å²) in [5.74, 6) is 1.78. The number of carbonyl (C=O) groups excluding carboxylic acids is 1. The van der Waals surface area contributed by atoms with Crippen molar-refractivity contribution in [2.75, 3.05) is 18.6 Å². The van der Waals surface area contributed by atoms with E-state index < -0.39 is 0 Å². The minimum absolute atomic E-state index is 0.0408. The van der Waals surface area contributed by atoms with Crippen molar-refractivity contribution in [3.05, 3.63) is 53.3 Å². The van der Waals surface area contributed by atoms with Gasteiger partial charge in [-0.2, -0.15) is 0 Å². The molecule has 2 heterocycles. The monoisotopic (exact) mass is 397 g/mol. The lowest BCUT2D eigenvalue weighted by atomic mass is 10.1. The van der Waals surface area contributed by atoms with Crippen molar-refractivity contribution in [1.29, 1.82) is 0 Å². The first-order valence-corrected chi connectivity index (χ1v) is 10.1. The first kappa shape index (κ1) is 18.8. The van der Waals surface area contributed by atoms with E-state index in [0.717, 1.165) is 36.2 Å². The Morgan fingerprint density at radius 1 is 1.25 bits per heavy atom. The second kappa shape index (κ2) is 7.84. The molecule has 6 heteroatoms. The number of anilines is 1. The van der Waals surface area contributed by atoms with Crippen molar-refractivity contribution in [2.24, 2.45) is 0 Å². The summed E-state index contributed by atoms with van der Waals surface area (Å²) in [5.41, 5.74) is 2.82. The zero-order valence-electron chi connectivity index (χ0n) is 16.2. The third-order valence-corrected chi connectivity index (χ3v) is 5.67. The quantitative estimate of drug-likeness (QED) is 0.586. The Morgan fingerprint density at radius 2 is 2.07 bits per heavy atom. The highest BCUT2D eigenvalue weighted by Crippen LogP contribution is 2.37. The van der Waals surface area contributed by atoms with Crippen LogP contribution in [-0.2, 0) is 11.3 Å². The molecule has 0 N–H and O–H groups in total. The van der Waals surface area contributed by atoms with E-state index in [1.807, 2.05) is 24.3 Å². The van der Waals surface area contributed by atoms with Crippen molar-refractivity contribution < 1.29 is 9.53 Å². The van der Waals surface area contributed by atoms with Crippen LogP contribution in [0.3, 0.4) is 0 Å². The standard InChI is InChI=1S/C22H24ClN3O2/c1-3-4-11-25-19-8-6-5-7-18(19)24-22(25)15-12-21(27)26(14-15)20-13-16(28-2)9-10-17(20)23/h5-10,13,15H,3-4,11-12,14H2,1-2H3/t15-/m1/s1. The van der Waals surface area contributed by atoms with Crippen LogP contribution in [-0.4, -0.2) is 29.1 Å². The average molecular weight is 398 g/mol. The number of aryl methyl sites for hydroxylation is 1. The van der Waals surface area contributed by atoms with Crippen LogP contribution in [0.25, 0.3) is 11.0 Å². The molecule has 1 aliphatic rings. The zero-order chi connectivity index (χ0) is 19.7. The molecule has 28 heavy (non-hydrogen) atoms. The van der Waals surface area contributed by atoms with Gasteiger partial charge in [-0.3, -0.25) is 4.79 Å². The summed E-state index contributed by atoms with van der Waals surface area (Å²) in [6, 6.07) is 13.6. The number of nitrogens with zero attached hydrogens (tertiary/aromatic N) is 3. The van der Waals surface area contributed by atoms with Gasteiger partial charge in [-0.1, -0.05) is 37.1 Å². The van der Waals surface area contributed by atoms with Crippen LogP contribution in [0.15, 0.2) is 42.5 Å². The normalized spacial score (nSPS) is 16.9. The van der Waals surface area contributed by atoms with E-state index in [1.165, 1.54) is 0 Å². The Kier molecular flexibility index (Phi) is 5.27. The molecule has 2 aromatic carbocycles. The number of fused-ring (bicyclic) bond motifs is 1. The molecule has 5 nitrogen and oxygen atoms in total. The van der Waals surface area contributed by atoms with Gasteiger partial charge in [0.1, 0.15) is 11.6 Å². The minimum atomic E-state index is 0.0408. The smallest absolute Gasteiger partial charge is 0.227 e. The van der Waals surface area contributed by atoms with Gasteiger partial charge in [0.15, 0.2) is 0 Å². The maximum absolute atomic E-state index is 12.8. The molecule has 1 amide bonds. The highest BCUT2D eigenvalue weighted by atomic mass is 35.5. The Labute approximate surface area is 169 Å². The first-order chi connectivity index (χ1) is 13.6. The van der Waals surface area contributed by atoms with Crippen LogP contribution in [0.2, 0.25) is 5.02 Å². The molecule has 0 spiro atoms. The molecule has 1 fully saturated rings. The van der Waals surface area contributed by atoms with E-state index in [1.54, 1.807) is 24.1 Å². The van der Waals surface area contributed by atoms with Gasteiger partial charge in [-0.05, 0) is 30.7 Å². The van der Waals surface area contributed by atoms with E-state index in [2.05, 4.69) is 17.6 Å². The molecule has 1 atom stereocenters. The molecule has 4 rings (SSSR count). The summed E-state index contributed by atoms with van der Waals surface area (Å²) in [7, 11) is 1.61. The largest absolute Gasteiger partial charge is 0.497 e. The molecule has 1 aliphatic heterocycles. The lowest BCUT2D eigenvalue weighted by molar-refractivity contribution is -0.117. The number of hydrogen-bond acceptors (Lipinski definition) is 3. The van der Waals surface area contributed by atoms with Crippen molar-refractivity contribution in [2.45, 2.75) is 38.6 Å². The number of hydrogen-bond donors (Lipinski definition) is 0. The van der Waals surface area contributed by atoms with Gasteiger partial charge in [0.05, 0.1) is 28.9 Å². The number of methoxy groups -OCH3 is 1. The molecule has 0 unspecified atom stereocenters. The van der Waals surface area contributed by atoms with E-state index in [4.69, 9.17) is 21.3 Å². The fourth-order valence-corrected chi connectivity index (χ4v) is 4.12. The number of imidazole rings is 1. The number of aromatic nitrogens is 2. The number of rotatable bonds is 6. The van der Waals surface area contributed by atoms with Crippen molar-refractivity contribution in [3.63, 3.8) is 0 Å². The molecule has 0 radical (unpaired) electrons. The van der Waals surface area contributed by atoms with Crippen molar-refractivity contribution in [3.8, 4) is 5.75 Å². The second-order valence-electron chi connectivity index (χ2n) is 7.19. The van der Waals surface area contributed by atoms with E-state index in [-0.39, 0.29) is 11.8 Å². The molecule has 1 aromatic heterocycles. The molecule has 0 aliphatic carbocycles. The number of halogens is 1. The maximum atomic E-state index is 12.8. The van der Waals surface area contributed by atoms with Gasteiger partial charge in [0, 0.05) is 31.5 Å². The van der Waals surface area contributed by atoms with E-state index >= 15 is 0 Å². The number of amides is 1. The molecule has 0 saturated carbocycles.